The highest BCUT2D eigenvalue weighted by molar-refractivity contribution is 5.70. The van der Waals surface area contributed by atoms with Gasteiger partial charge in [-0.3, -0.25) is 4.79 Å². The van der Waals surface area contributed by atoms with Gasteiger partial charge in [-0.05, 0) is 37.5 Å². The third-order valence-corrected chi connectivity index (χ3v) is 3.11. The monoisotopic (exact) mass is 154 g/mol. The Labute approximate surface area is 66.6 Å². The Hall–Kier alpha value is -0.530. The number of carboxylic acids is 1. The van der Waals surface area contributed by atoms with E-state index in [1.165, 1.54) is 19.3 Å². The minimum atomic E-state index is -0.556. The topological polar surface area (TPSA) is 37.3 Å². The minimum Gasteiger partial charge on any atom is -0.481 e. The summed E-state index contributed by atoms with van der Waals surface area (Å²) in [5, 5.41) is 8.86. The molecule has 0 aromatic heterocycles. The van der Waals surface area contributed by atoms with Crippen LogP contribution in [0.5, 0.6) is 0 Å². The van der Waals surface area contributed by atoms with Gasteiger partial charge in [-0.1, -0.05) is 6.42 Å². The van der Waals surface area contributed by atoms with Gasteiger partial charge in [0.1, 0.15) is 0 Å². The summed E-state index contributed by atoms with van der Waals surface area (Å²) in [4.78, 5) is 10.7. The standard InChI is InChI=1S/C9H14O2/c10-9(11)8-3-1-2-7(8)6-4-5-6/h6-8H,1-5H2,(H,10,11)/t7-,8+/m1/s1. The van der Waals surface area contributed by atoms with Gasteiger partial charge in [0.05, 0.1) is 5.92 Å². The molecular weight excluding hydrogens is 140 g/mol. The maximum Gasteiger partial charge on any atom is 0.306 e. The first-order chi connectivity index (χ1) is 5.29. The average Bonchev–Trinajstić information content (AvgIpc) is 2.68. The van der Waals surface area contributed by atoms with Crippen molar-refractivity contribution >= 4 is 5.97 Å². The van der Waals surface area contributed by atoms with Gasteiger partial charge in [-0.15, -0.1) is 0 Å². The Morgan fingerprint density at radius 3 is 2.45 bits per heavy atom. The molecule has 1 N–H and O–H groups in total. The second-order valence-electron chi connectivity index (χ2n) is 3.88. The summed E-state index contributed by atoms with van der Waals surface area (Å²) < 4.78 is 0. The van der Waals surface area contributed by atoms with Crippen LogP contribution in [0.3, 0.4) is 0 Å². The van der Waals surface area contributed by atoms with Crippen LogP contribution in [0.2, 0.25) is 0 Å². The van der Waals surface area contributed by atoms with Crippen molar-refractivity contribution in [2.75, 3.05) is 0 Å². The van der Waals surface area contributed by atoms with Gasteiger partial charge in [-0.25, -0.2) is 0 Å². The van der Waals surface area contributed by atoms with Gasteiger partial charge in [-0.2, -0.15) is 0 Å². The van der Waals surface area contributed by atoms with E-state index in [9.17, 15) is 4.79 Å². The second kappa shape index (κ2) is 2.50. The van der Waals surface area contributed by atoms with Crippen LogP contribution in [0.1, 0.15) is 32.1 Å². The summed E-state index contributed by atoms with van der Waals surface area (Å²) in [6.45, 7) is 0. The molecule has 2 aliphatic carbocycles. The molecule has 0 unspecified atom stereocenters. The first-order valence-corrected chi connectivity index (χ1v) is 4.52. The van der Waals surface area contributed by atoms with Crippen molar-refractivity contribution in [2.24, 2.45) is 17.8 Å². The summed E-state index contributed by atoms with van der Waals surface area (Å²) in [5.74, 6) is 0.757. The third kappa shape index (κ3) is 1.26. The van der Waals surface area contributed by atoms with Crippen molar-refractivity contribution in [3.63, 3.8) is 0 Å². The molecule has 0 heterocycles. The van der Waals surface area contributed by atoms with Crippen LogP contribution in [0.25, 0.3) is 0 Å². The largest absolute Gasteiger partial charge is 0.481 e. The van der Waals surface area contributed by atoms with E-state index < -0.39 is 5.97 Å². The van der Waals surface area contributed by atoms with Gasteiger partial charge >= 0.3 is 5.97 Å². The van der Waals surface area contributed by atoms with Crippen LogP contribution in [0.4, 0.5) is 0 Å². The summed E-state index contributed by atoms with van der Waals surface area (Å²) in [6.07, 6.45) is 5.80. The molecule has 2 aliphatic rings. The van der Waals surface area contributed by atoms with Crippen molar-refractivity contribution < 1.29 is 9.90 Å². The minimum absolute atomic E-state index is 0.00231. The Bertz CT molecular complexity index is 172. The maximum atomic E-state index is 10.7. The molecule has 0 aromatic rings. The summed E-state index contributed by atoms with van der Waals surface area (Å²) in [7, 11) is 0. The Kier molecular flexibility index (Phi) is 1.63. The first kappa shape index (κ1) is 7.14. The molecule has 0 aliphatic heterocycles. The molecule has 2 saturated carbocycles. The lowest BCUT2D eigenvalue weighted by Crippen LogP contribution is -2.19. The Balaban J connectivity index is 2.01. The number of rotatable bonds is 2. The molecule has 0 bridgehead atoms. The zero-order valence-electron chi connectivity index (χ0n) is 6.62. The average molecular weight is 154 g/mol. The highest BCUT2D eigenvalue weighted by atomic mass is 16.4. The van der Waals surface area contributed by atoms with E-state index in [1.807, 2.05) is 0 Å². The fourth-order valence-electron chi connectivity index (χ4n) is 2.38. The summed E-state index contributed by atoms with van der Waals surface area (Å²) in [6, 6.07) is 0. The fraction of sp³-hybridized carbons (Fsp3) is 0.889. The molecule has 2 atom stereocenters. The third-order valence-electron chi connectivity index (χ3n) is 3.11. The number of carbonyl (C=O) groups is 1. The zero-order chi connectivity index (χ0) is 7.84. The van der Waals surface area contributed by atoms with Crippen molar-refractivity contribution in [1.82, 2.24) is 0 Å². The molecule has 2 rings (SSSR count). The fourth-order valence-corrected chi connectivity index (χ4v) is 2.38. The van der Waals surface area contributed by atoms with Crippen LogP contribution in [0.15, 0.2) is 0 Å². The van der Waals surface area contributed by atoms with Crippen molar-refractivity contribution in [2.45, 2.75) is 32.1 Å². The number of carboxylic acid groups (broad SMARTS) is 1. The molecule has 2 fully saturated rings. The molecule has 0 amide bonds. The van der Waals surface area contributed by atoms with Crippen LogP contribution in [0, 0.1) is 17.8 Å². The Morgan fingerprint density at radius 1 is 1.18 bits per heavy atom. The first-order valence-electron chi connectivity index (χ1n) is 4.52. The summed E-state index contributed by atoms with van der Waals surface area (Å²) in [5.41, 5.74) is 0. The highest BCUT2D eigenvalue weighted by Gasteiger charge is 2.42. The number of aliphatic carboxylic acids is 1. The van der Waals surface area contributed by atoms with E-state index in [0.29, 0.717) is 5.92 Å². The lowest BCUT2D eigenvalue weighted by Gasteiger charge is -2.13. The normalized spacial score (nSPS) is 37.5. The van der Waals surface area contributed by atoms with E-state index in [0.717, 1.165) is 18.8 Å². The SMILES string of the molecule is O=C(O)[C@H]1CCC[C@@H]1C1CC1. The number of hydrogen-bond donors (Lipinski definition) is 1. The predicted octanol–water partition coefficient (Wildman–Crippen LogP) is 1.90. The summed E-state index contributed by atoms with van der Waals surface area (Å²) >= 11 is 0. The molecule has 0 saturated heterocycles. The van der Waals surface area contributed by atoms with Crippen LogP contribution >= 0.6 is 0 Å². The molecule has 62 valence electrons. The predicted molar refractivity (Wildman–Crippen MR) is 41.2 cm³/mol. The van der Waals surface area contributed by atoms with Crippen LogP contribution < -0.4 is 0 Å². The molecule has 2 heteroatoms. The lowest BCUT2D eigenvalue weighted by atomic mass is 9.92. The van der Waals surface area contributed by atoms with E-state index in [2.05, 4.69) is 0 Å². The molecule has 11 heavy (non-hydrogen) atoms. The quantitative estimate of drug-likeness (QED) is 0.659. The van der Waals surface area contributed by atoms with Crippen molar-refractivity contribution in [1.29, 1.82) is 0 Å². The van der Waals surface area contributed by atoms with E-state index in [4.69, 9.17) is 5.11 Å². The van der Waals surface area contributed by atoms with E-state index in [-0.39, 0.29) is 5.92 Å². The molecule has 0 aromatic carbocycles. The van der Waals surface area contributed by atoms with Gasteiger partial charge in [0, 0.05) is 0 Å². The van der Waals surface area contributed by atoms with Gasteiger partial charge in [0.15, 0.2) is 0 Å². The second-order valence-corrected chi connectivity index (χ2v) is 3.88. The van der Waals surface area contributed by atoms with E-state index in [1.54, 1.807) is 0 Å². The van der Waals surface area contributed by atoms with Crippen molar-refractivity contribution in [3.8, 4) is 0 Å². The lowest BCUT2D eigenvalue weighted by molar-refractivity contribution is -0.143. The molecular formula is C9H14O2. The number of hydrogen-bond acceptors (Lipinski definition) is 1. The van der Waals surface area contributed by atoms with Crippen LogP contribution in [-0.4, -0.2) is 11.1 Å². The van der Waals surface area contributed by atoms with Crippen LogP contribution in [-0.2, 0) is 4.79 Å². The van der Waals surface area contributed by atoms with Gasteiger partial charge in [0.25, 0.3) is 0 Å². The smallest absolute Gasteiger partial charge is 0.306 e. The van der Waals surface area contributed by atoms with E-state index >= 15 is 0 Å². The molecule has 2 nitrogen and oxygen atoms in total. The Morgan fingerprint density at radius 2 is 1.91 bits per heavy atom. The zero-order valence-corrected chi connectivity index (χ0v) is 6.62. The maximum absolute atomic E-state index is 10.7. The van der Waals surface area contributed by atoms with Crippen molar-refractivity contribution in [3.05, 3.63) is 0 Å². The molecule has 0 radical (unpaired) electrons. The highest BCUT2D eigenvalue weighted by Crippen LogP contribution is 2.47. The van der Waals surface area contributed by atoms with Gasteiger partial charge in [0.2, 0.25) is 0 Å². The van der Waals surface area contributed by atoms with Gasteiger partial charge < -0.3 is 5.11 Å². The molecule has 0 spiro atoms.